The first-order chi connectivity index (χ1) is 12.0. The summed E-state index contributed by atoms with van der Waals surface area (Å²) in [5.74, 6) is 0.498. The van der Waals surface area contributed by atoms with Crippen molar-refractivity contribution in [1.29, 1.82) is 0 Å². The van der Waals surface area contributed by atoms with Gasteiger partial charge >= 0.3 is 0 Å². The molecule has 2 amide bonds. The number of amides is 2. The topological polar surface area (TPSA) is 67.4 Å². The molecule has 5 heteroatoms. The molecule has 25 heavy (non-hydrogen) atoms. The highest BCUT2D eigenvalue weighted by molar-refractivity contribution is 5.94. The average Bonchev–Trinajstić information content (AvgIpc) is 2.60. The third-order valence-corrected chi connectivity index (χ3v) is 4.30. The predicted molar refractivity (Wildman–Crippen MR) is 96.6 cm³/mol. The quantitative estimate of drug-likeness (QED) is 0.880. The Hall–Kier alpha value is -2.82. The summed E-state index contributed by atoms with van der Waals surface area (Å²) < 4.78 is 5.59. The molecule has 0 radical (unpaired) electrons. The van der Waals surface area contributed by atoms with E-state index in [-0.39, 0.29) is 24.5 Å². The molecule has 0 aliphatic carbocycles. The normalized spacial score (nSPS) is 14.2. The summed E-state index contributed by atoms with van der Waals surface area (Å²) in [6, 6.07) is 13.5. The molecule has 130 valence electrons. The molecule has 0 bridgehead atoms. The van der Waals surface area contributed by atoms with Crippen LogP contribution in [0.3, 0.4) is 0 Å². The molecule has 1 unspecified atom stereocenters. The van der Waals surface area contributed by atoms with Gasteiger partial charge in [-0.1, -0.05) is 29.8 Å². The van der Waals surface area contributed by atoms with Crippen molar-refractivity contribution in [2.45, 2.75) is 32.7 Å². The predicted octanol–water partition coefficient (Wildman–Crippen LogP) is 3.14. The molecule has 1 aliphatic rings. The fourth-order valence-corrected chi connectivity index (χ4v) is 2.82. The van der Waals surface area contributed by atoms with Crippen LogP contribution in [0.2, 0.25) is 0 Å². The number of aryl methyl sites for hydroxylation is 2. The van der Waals surface area contributed by atoms with E-state index in [4.69, 9.17) is 4.74 Å². The number of benzene rings is 2. The van der Waals surface area contributed by atoms with Gasteiger partial charge in [-0.3, -0.25) is 9.59 Å². The minimum atomic E-state index is -0.168. The lowest BCUT2D eigenvalue weighted by molar-refractivity contribution is -0.123. The maximum atomic E-state index is 12.1. The molecule has 0 saturated carbocycles. The molecule has 5 nitrogen and oxygen atoms in total. The summed E-state index contributed by atoms with van der Waals surface area (Å²) in [7, 11) is 0. The van der Waals surface area contributed by atoms with Gasteiger partial charge in [0.2, 0.25) is 5.91 Å². The number of anilines is 1. The van der Waals surface area contributed by atoms with E-state index in [2.05, 4.69) is 10.6 Å². The molecule has 0 spiro atoms. The second kappa shape index (κ2) is 7.38. The van der Waals surface area contributed by atoms with Crippen LogP contribution < -0.4 is 15.4 Å². The van der Waals surface area contributed by atoms with E-state index in [0.717, 1.165) is 16.8 Å². The first kappa shape index (κ1) is 17.0. The second-order valence-corrected chi connectivity index (χ2v) is 6.36. The van der Waals surface area contributed by atoms with Crippen LogP contribution in [0.5, 0.6) is 5.75 Å². The first-order valence-electron chi connectivity index (χ1n) is 8.43. The Kier molecular flexibility index (Phi) is 5.03. The van der Waals surface area contributed by atoms with Gasteiger partial charge in [0.05, 0.1) is 6.04 Å². The molecule has 2 N–H and O–H groups in total. The van der Waals surface area contributed by atoms with Gasteiger partial charge in [-0.25, -0.2) is 0 Å². The molecule has 0 saturated heterocycles. The third kappa shape index (κ3) is 4.38. The van der Waals surface area contributed by atoms with E-state index in [1.807, 2.05) is 50.2 Å². The van der Waals surface area contributed by atoms with Gasteiger partial charge in [-0.05, 0) is 49.6 Å². The van der Waals surface area contributed by atoms with Crippen molar-refractivity contribution in [3.05, 3.63) is 59.2 Å². The fourth-order valence-electron chi connectivity index (χ4n) is 2.82. The Morgan fingerprint density at radius 1 is 1.20 bits per heavy atom. The highest BCUT2D eigenvalue weighted by Crippen LogP contribution is 2.26. The average molecular weight is 338 g/mol. The van der Waals surface area contributed by atoms with Crippen LogP contribution in [-0.2, 0) is 16.0 Å². The Morgan fingerprint density at radius 2 is 1.96 bits per heavy atom. The molecule has 2 aromatic rings. The van der Waals surface area contributed by atoms with Gasteiger partial charge in [0.15, 0.2) is 6.61 Å². The van der Waals surface area contributed by atoms with Crippen molar-refractivity contribution >= 4 is 17.5 Å². The van der Waals surface area contributed by atoms with E-state index in [9.17, 15) is 9.59 Å². The van der Waals surface area contributed by atoms with E-state index >= 15 is 0 Å². The van der Waals surface area contributed by atoms with Crippen molar-refractivity contribution in [2.75, 3.05) is 11.9 Å². The SMILES string of the molecule is Cc1ccc(C(C)NC(=O)COc2ccc3c(c2)CCC(=O)N3)cc1. The molecule has 1 aliphatic heterocycles. The molecular weight excluding hydrogens is 316 g/mol. The molecule has 0 aromatic heterocycles. The number of hydrogen-bond donors (Lipinski definition) is 2. The van der Waals surface area contributed by atoms with Gasteiger partial charge in [0.25, 0.3) is 5.91 Å². The Morgan fingerprint density at radius 3 is 2.72 bits per heavy atom. The maximum absolute atomic E-state index is 12.1. The van der Waals surface area contributed by atoms with Gasteiger partial charge in [0.1, 0.15) is 5.75 Å². The van der Waals surface area contributed by atoms with Gasteiger partial charge < -0.3 is 15.4 Å². The summed E-state index contributed by atoms with van der Waals surface area (Å²) in [6.07, 6.45) is 1.17. The van der Waals surface area contributed by atoms with Crippen LogP contribution in [0.15, 0.2) is 42.5 Å². The highest BCUT2D eigenvalue weighted by Gasteiger charge is 2.15. The Bertz CT molecular complexity index is 784. The van der Waals surface area contributed by atoms with Gasteiger partial charge in [-0.2, -0.15) is 0 Å². The van der Waals surface area contributed by atoms with Crippen LogP contribution in [0.1, 0.15) is 36.1 Å². The third-order valence-electron chi connectivity index (χ3n) is 4.30. The summed E-state index contributed by atoms with van der Waals surface area (Å²) in [6.45, 7) is 3.94. The van der Waals surface area contributed by atoms with Crippen molar-refractivity contribution in [2.24, 2.45) is 0 Å². The lowest BCUT2D eigenvalue weighted by Gasteiger charge is -2.18. The number of carbonyl (C=O) groups excluding carboxylic acids is 2. The molecule has 3 rings (SSSR count). The Balaban J connectivity index is 1.54. The Labute approximate surface area is 147 Å². The lowest BCUT2D eigenvalue weighted by atomic mass is 10.0. The van der Waals surface area contributed by atoms with Gasteiger partial charge in [0, 0.05) is 12.1 Å². The summed E-state index contributed by atoms with van der Waals surface area (Å²) in [4.78, 5) is 23.5. The number of fused-ring (bicyclic) bond motifs is 1. The number of nitrogens with one attached hydrogen (secondary N) is 2. The minimum Gasteiger partial charge on any atom is -0.484 e. The molecule has 2 aromatic carbocycles. The van der Waals surface area contributed by atoms with Crippen LogP contribution in [0.25, 0.3) is 0 Å². The number of carbonyl (C=O) groups is 2. The van der Waals surface area contributed by atoms with Crippen molar-refractivity contribution in [3.8, 4) is 5.75 Å². The van der Waals surface area contributed by atoms with Crippen LogP contribution in [0, 0.1) is 6.92 Å². The van der Waals surface area contributed by atoms with Crippen LogP contribution in [0.4, 0.5) is 5.69 Å². The minimum absolute atomic E-state index is 0.0330. The molecule has 1 atom stereocenters. The zero-order valence-electron chi connectivity index (χ0n) is 14.5. The van der Waals surface area contributed by atoms with E-state index < -0.39 is 0 Å². The van der Waals surface area contributed by atoms with Crippen molar-refractivity contribution in [3.63, 3.8) is 0 Å². The highest BCUT2D eigenvalue weighted by atomic mass is 16.5. The summed E-state index contributed by atoms with van der Waals surface area (Å²) in [5, 5.41) is 5.76. The monoisotopic (exact) mass is 338 g/mol. The first-order valence-corrected chi connectivity index (χ1v) is 8.43. The summed E-state index contributed by atoms with van der Waals surface area (Å²) >= 11 is 0. The lowest BCUT2D eigenvalue weighted by Crippen LogP contribution is -2.31. The zero-order chi connectivity index (χ0) is 17.8. The van der Waals surface area contributed by atoms with Gasteiger partial charge in [-0.15, -0.1) is 0 Å². The number of ether oxygens (including phenoxy) is 1. The van der Waals surface area contributed by atoms with E-state index in [0.29, 0.717) is 18.6 Å². The number of rotatable bonds is 5. The fraction of sp³-hybridized carbons (Fsp3) is 0.300. The largest absolute Gasteiger partial charge is 0.484 e. The van der Waals surface area contributed by atoms with Crippen molar-refractivity contribution < 1.29 is 14.3 Å². The zero-order valence-corrected chi connectivity index (χ0v) is 14.5. The van der Waals surface area contributed by atoms with Crippen LogP contribution in [-0.4, -0.2) is 18.4 Å². The summed E-state index contributed by atoms with van der Waals surface area (Å²) in [5.41, 5.74) is 4.10. The molecule has 1 heterocycles. The van der Waals surface area contributed by atoms with Crippen LogP contribution >= 0.6 is 0 Å². The smallest absolute Gasteiger partial charge is 0.258 e. The van der Waals surface area contributed by atoms with Crippen molar-refractivity contribution in [1.82, 2.24) is 5.32 Å². The maximum Gasteiger partial charge on any atom is 0.258 e. The van der Waals surface area contributed by atoms with E-state index in [1.165, 1.54) is 5.56 Å². The second-order valence-electron chi connectivity index (χ2n) is 6.36. The standard InChI is InChI=1S/C20H22N2O3/c1-13-3-5-15(6-4-13)14(2)21-20(24)12-25-17-8-9-18-16(11-17)7-10-19(23)22-18/h3-6,8-9,11,14H,7,10,12H2,1-2H3,(H,21,24)(H,22,23). The molecular formula is C20H22N2O3. The molecule has 0 fully saturated rings. The van der Waals surface area contributed by atoms with E-state index in [1.54, 1.807) is 6.07 Å². The number of hydrogen-bond acceptors (Lipinski definition) is 3.